The first-order valence-electron chi connectivity index (χ1n) is 8.09. The van der Waals surface area contributed by atoms with Crippen molar-refractivity contribution in [2.75, 3.05) is 26.2 Å². The van der Waals surface area contributed by atoms with Gasteiger partial charge in [-0.05, 0) is 35.4 Å². The minimum Gasteiger partial charge on any atom is -0.406 e. The highest BCUT2D eigenvalue weighted by Gasteiger charge is 2.31. The van der Waals surface area contributed by atoms with Crippen LogP contribution in [0, 0.1) is 0 Å². The molecule has 3 nitrogen and oxygen atoms in total. The topological polar surface area (TPSA) is 24.5 Å². The molecule has 1 aliphatic heterocycles. The van der Waals surface area contributed by atoms with E-state index in [1.165, 1.54) is 12.1 Å². The van der Waals surface area contributed by atoms with Crippen LogP contribution in [0.2, 0.25) is 10.0 Å². The summed E-state index contributed by atoms with van der Waals surface area (Å²) in [4.78, 5) is 2.24. The second-order valence-electron chi connectivity index (χ2n) is 5.97. The van der Waals surface area contributed by atoms with Crippen LogP contribution in [0.1, 0.15) is 17.2 Å². The maximum absolute atomic E-state index is 12.4. The van der Waals surface area contributed by atoms with Gasteiger partial charge in [0.2, 0.25) is 0 Å². The number of rotatable bonds is 4. The number of hydrogen-bond acceptors (Lipinski definition) is 3. The lowest BCUT2D eigenvalue weighted by molar-refractivity contribution is -0.274. The summed E-state index contributed by atoms with van der Waals surface area (Å²) >= 11 is 12.4. The number of benzene rings is 2. The fourth-order valence-electron chi connectivity index (χ4n) is 3.10. The van der Waals surface area contributed by atoms with E-state index < -0.39 is 6.36 Å². The van der Waals surface area contributed by atoms with E-state index in [9.17, 15) is 13.2 Å². The summed E-state index contributed by atoms with van der Waals surface area (Å²) in [5.41, 5.74) is 1.70. The van der Waals surface area contributed by atoms with Gasteiger partial charge in [-0.2, -0.15) is 0 Å². The average Bonchev–Trinajstić information content (AvgIpc) is 2.58. The molecule has 0 spiro atoms. The van der Waals surface area contributed by atoms with E-state index >= 15 is 0 Å². The van der Waals surface area contributed by atoms with Gasteiger partial charge in [0.05, 0.1) is 6.04 Å². The zero-order valence-corrected chi connectivity index (χ0v) is 17.7. The largest absolute Gasteiger partial charge is 0.573 e. The average molecular weight is 478 g/mol. The molecule has 1 N–H and O–H groups in total. The normalized spacial score (nSPS) is 15.9. The van der Waals surface area contributed by atoms with E-state index in [4.69, 9.17) is 23.2 Å². The van der Waals surface area contributed by atoms with Crippen LogP contribution in [-0.4, -0.2) is 37.4 Å². The fourth-order valence-corrected chi connectivity index (χ4v) is 3.61. The standard InChI is InChI=1S/C18H17Cl2F3N2O.2ClH/c19-13-3-6-15(16(20)11-13)17(25-9-7-24-8-10-25)12-1-4-14(5-2-12)26-18(21,22)23;;/h1-6,11,17,24H,7-10H2;2*1H/t17-;;/m1../s1. The summed E-state index contributed by atoms with van der Waals surface area (Å²) in [6.45, 7) is 3.25. The smallest absolute Gasteiger partial charge is 0.406 e. The van der Waals surface area contributed by atoms with Gasteiger partial charge >= 0.3 is 6.36 Å². The molecule has 1 aliphatic rings. The molecule has 0 bridgehead atoms. The summed E-state index contributed by atoms with van der Waals surface area (Å²) in [6, 6.07) is 11.0. The van der Waals surface area contributed by atoms with Crippen molar-refractivity contribution in [3.63, 3.8) is 0 Å². The van der Waals surface area contributed by atoms with Gasteiger partial charge in [-0.1, -0.05) is 41.4 Å². The van der Waals surface area contributed by atoms with Gasteiger partial charge in [-0.3, -0.25) is 4.90 Å². The number of nitrogens with one attached hydrogen (secondary N) is 1. The third kappa shape index (κ3) is 6.58. The van der Waals surface area contributed by atoms with Crippen LogP contribution in [-0.2, 0) is 0 Å². The van der Waals surface area contributed by atoms with Crippen molar-refractivity contribution in [1.29, 1.82) is 0 Å². The summed E-state index contributed by atoms with van der Waals surface area (Å²) in [7, 11) is 0. The summed E-state index contributed by atoms with van der Waals surface area (Å²) in [5, 5.41) is 4.35. The molecule has 10 heteroatoms. The Morgan fingerprint density at radius 1 is 0.964 bits per heavy atom. The van der Waals surface area contributed by atoms with E-state index in [1.807, 2.05) is 6.07 Å². The number of piperazine rings is 1. The Labute approximate surface area is 184 Å². The Hall–Kier alpha value is -0.890. The van der Waals surface area contributed by atoms with Gasteiger partial charge in [-0.25, -0.2) is 0 Å². The van der Waals surface area contributed by atoms with Crippen LogP contribution in [0.5, 0.6) is 5.75 Å². The van der Waals surface area contributed by atoms with Crippen molar-refractivity contribution in [2.45, 2.75) is 12.4 Å². The van der Waals surface area contributed by atoms with Crippen LogP contribution < -0.4 is 10.1 Å². The maximum atomic E-state index is 12.4. The Morgan fingerprint density at radius 2 is 1.57 bits per heavy atom. The molecule has 156 valence electrons. The molecule has 1 fully saturated rings. The number of hydrogen-bond donors (Lipinski definition) is 1. The van der Waals surface area contributed by atoms with Crippen molar-refractivity contribution in [1.82, 2.24) is 10.2 Å². The quantitative estimate of drug-likeness (QED) is 0.608. The predicted molar refractivity (Wildman–Crippen MR) is 110 cm³/mol. The molecule has 0 aliphatic carbocycles. The van der Waals surface area contributed by atoms with Crippen LogP contribution in [0.3, 0.4) is 0 Å². The fraction of sp³-hybridized carbons (Fsp3) is 0.333. The highest BCUT2D eigenvalue weighted by atomic mass is 35.5. The molecule has 2 aromatic carbocycles. The first-order chi connectivity index (χ1) is 12.3. The number of alkyl halides is 3. The Morgan fingerprint density at radius 3 is 2.11 bits per heavy atom. The maximum Gasteiger partial charge on any atom is 0.573 e. The molecular formula is C18H19Cl4F3N2O. The van der Waals surface area contributed by atoms with E-state index in [0.29, 0.717) is 10.0 Å². The third-order valence-electron chi connectivity index (χ3n) is 4.20. The van der Waals surface area contributed by atoms with E-state index in [0.717, 1.165) is 37.3 Å². The predicted octanol–water partition coefficient (Wildman–Crippen LogP) is 5.73. The van der Waals surface area contributed by atoms with Crippen LogP contribution >= 0.6 is 48.0 Å². The van der Waals surface area contributed by atoms with Crippen molar-refractivity contribution in [3.8, 4) is 5.75 Å². The molecule has 0 aromatic heterocycles. The second kappa shape index (κ2) is 10.8. The minimum atomic E-state index is -4.71. The molecule has 3 rings (SSSR count). The van der Waals surface area contributed by atoms with Crippen molar-refractivity contribution >= 4 is 48.0 Å². The van der Waals surface area contributed by atoms with Crippen LogP contribution in [0.25, 0.3) is 0 Å². The molecule has 1 heterocycles. The molecule has 0 saturated carbocycles. The zero-order valence-electron chi connectivity index (χ0n) is 14.5. The van der Waals surface area contributed by atoms with Gasteiger partial charge < -0.3 is 10.1 Å². The lowest BCUT2D eigenvalue weighted by Crippen LogP contribution is -2.45. The first kappa shape index (κ1) is 25.1. The van der Waals surface area contributed by atoms with E-state index in [1.54, 1.807) is 24.3 Å². The number of ether oxygens (including phenoxy) is 1. The van der Waals surface area contributed by atoms with Crippen LogP contribution in [0.15, 0.2) is 42.5 Å². The van der Waals surface area contributed by atoms with Gasteiger partial charge in [0.25, 0.3) is 0 Å². The third-order valence-corrected chi connectivity index (χ3v) is 4.77. The van der Waals surface area contributed by atoms with Crippen LogP contribution in [0.4, 0.5) is 13.2 Å². The molecular weight excluding hydrogens is 459 g/mol. The Bertz CT molecular complexity index is 753. The minimum absolute atomic E-state index is 0. The lowest BCUT2D eigenvalue weighted by atomic mass is 9.96. The Balaban J connectivity index is 0.00000196. The molecule has 28 heavy (non-hydrogen) atoms. The van der Waals surface area contributed by atoms with Gasteiger partial charge in [0.1, 0.15) is 5.75 Å². The van der Waals surface area contributed by atoms with E-state index in [-0.39, 0.29) is 36.6 Å². The van der Waals surface area contributed by atoms with E-state index in [2.05, 4.69) is 15.0 Å². The second-order valence-corrected chi connectivity index (χ2v) is 6.81. The van der Waals surface area contributed by atoms with Crippen molar-refractivity contribution in [2.24, 2.45) is 0 Å². The monoisotopic (exact) mass is 476 g/mol. The highest BCUT2D eigenvalue weighted by Crippen LogP contribution is 2.36. The van der Waals surface area contributed by atoms with Gasteiger partial charge in [0.15, 0.2) is 0 Å². The molecule has 0 unspecified atom stereocenters. The SMILES string of the molecule is Cl.Cl.FC(F)(F)Oc1ccc([C@H](c2ccc(Cl)cc2Cl)N2CCNCC2)cc1. The lowest BCUT2D eigenvalue weighted by Gasteiger charge is -2.36. The first-order valence-corrected chi connectivity index (χ1v) is 8.84. The van der Waals surface area contributed by atoms with Gasteiger partial charge in [-0.15, -0.1) is 38.0 Å². The Kier molecular flexibility index (Phi) is 9.67. The summed E-state index contributed by atoms with van der Waals surface area (Å²) < 4.78 is 41.1. The molecule has 1 saturated heterocycles. The summed E-state index contributed by atoms with van der Waals surface area (Å²) in [6.07, 6.45) is -4.71. The number of nitrogens with zero attached hydrogens (tertiary/aromatic N) is 1. The summed E-state index contributed by atoms with van der Waals surface area (Å²) in [5.74, 6) is -0.248. The molecule has 0 amide bonds. The molecule has 1 atom stereocenters. The highest BCUT2D eigenvalue weighted by molar-refractivity contribution is 6.35. The molecule has 2 aromatic rings. The zero-order chi connectivity index (χ0) is 18.7. The molecule has 0 radical (unpaired) electrons. The van der Waals surface area contributed by atoms with Crippen molar-refractivity contribution < 1.29 is 17.9 Å². The van der Waals surface area contributed by atoms with Crippen molar-refractivity contribution in [3.05, 3.63) is 63.6 Å². The number of halogens is 7. The van der Waals surface area contributed by atoms with Gasteiger partial charge in [0, 0.05) is 36.2 Å².